The number of ether oxygens (including phenoxy) is 1. The van der Waals surface area contributed by atoms with Crippen molar-refractivity contribution >= 4 is 41.5 Å². The Labute approximate surface area is 201 Å². The fraction of sp³-hybridized carbons (Fsp3) is 0.391. The number of aliphatic imine (C=N–C) groups is 1. The van der Waals surface area contributed by atoms with E-state index in [4.69, 9.17) is 4.74 Å². The fourth-order valence-corrected chi connectivity index (χ4v) is 3.33. The van der Waals surface area contributed by atoms with Crippen LogP contribution in [0.4, 0.5) is 5.69 Å². The second-order valence-electron chi connectivity index (χ2n) is 7.61. The highest BCUT2D eigenvalue weighted by molar-refractivity contribution is 14.0. The van der Waals surface area contributed by atoms with Crippen LogP contribution in [-0.4, -0.2) is 56.6 Å². The number of fused-ring (bicyclic) bond motifs is 1. The molecule has 1 aliphatic rings. The maximum Gasteiger partial charge on any atom is 0.238 e. The standard InChI is InChI=1S/C23H31N5O2.HI/c1-4-24-23(26-15-20-13-18-9-5-6-11-21(18)30-20)25-14-17-8-7-10-19(12-17)27-22(29)16-28(2)3;/h5-12,20H,4,13-16H2,1-3H3,(H,27,29)(H2,24,25,26);1H. The van der Waals surface area contributed by atoms with E-state index in [2.05, 4.69) is 27.0 Å². The molecule has 3 rings (SSSR count). The Morgan fingerprint density at radius 3 is 2.71 bits per heavy atom. The van der Waals surface area contributed by atoms with E-state index in [0.717, 1.165) is 35.9 Å². The second kappa shape index (κ2) is 12.5. The SMILES string of the molecule is CCNC(=NCc1cccc(NC(=O)CN(C)C)c1)NCC1Cc2ccccc2O1.I. The molecule has 1 unspecified atom stereocenters. The monoisotopic (exact) mass is 537 g/mol. The zero-order valence-electron chi connectivity index (χ0n) is 18.4. The van der Waals surface area contributed by atoms with Gasteiger partial charge in [-0.1, -0.05) is 30.3 Å². The first kappa shape index (κ1) is 24.9. The van der Waals surface area contributed by atoms with E-state index >= 15 is 0 Å². The van der Waals surface area contributed by atoms with Crippen LogP contribution in [0, 0.1) is 0 Å². The van der Waals surface area contributed by atoms with Gasteiger partial charge in [0.2, 0.25) is 5.91 Å². The van der Waals surface area contributed by atoms with Crippen molar-refractivity contribution in [1.29, 1.82) is 0 Å². The summed E-state index contributed by atoms with van der Waals surface area (Å²) in [5, 5.41) is 9.57. The summed E-state index contributed by atoms with van der Waals surface area (Å²) in [4.78, 5) is 18.5. The topological polar surface area (TPSA) is 78.0 Å². The summed E-state index contributed by atoms with van der Waals surface area (Å²) in [7, 11) is 3.74. The fourth-order valence-electron chi connectivity index (χ4n) is 3.33. The summed E-state index contributed by atoms with van der Waals surface area (Å²) in [5.41, 5.74) is 3.06. The molecule has 0 radical (unpaired) electrons. The van der Waals surface area contributed by atoms with Crippen LogP contribution in [0.5, 0.6) is 5.75 Å². The molecule has 2 aromatic carbocycles. The van der Waals surface area contributed by atoms with Gasteiger partial charge in [-0.05, 0) is 50.3 Å². The Morgan fingerprint density at radius 2 is 1.97 bits per heavy atom. The van der Waals surface area contributed by atoms with Crippen molar-refractivity contribution in [2.75, 3.05) is 39.0 Å². The van der Waals surface area contributed by atoms with Crippen molar-refractivity contribution in [2.24, 2.45) is 4.99 Å². The number of carbonyl (C=O) groups excluding carboxylic acids is 1. The van der Waals surface area contributed by atoms with Gasteiger partial charge in [0.25, 0.3) is 0 Å². The Balaban J connectivity index is 0.00000341. The highest BCUT2D eigenvalue weighted by atomic mass is 127. The summed E-state index contributed by atoms with van der Waals surface area (Å²) in [5.74, 6) is 1.69. The van der Waals surface area contributed by atoms with Crippen molar-refractivity contribution in [1.82, 2.24) is 15.5 Å². The van der Waals surface area contributed by atoms with Gasteiger partial charge in [0.15, 0.2) is 5.96 Å². The van der Waals surface area contributed by atoms with Gasteiger partial charge in [-0.2, -0.15) is 0 Å². The molecular weight excluding hydrogens is 505 g/mol. The molecular formula is C23H32IN5O2. The number of hydrogen-bond donors (Lipinski definition) is 3. The predicted octanol–water partition coefficient (Wildman–Crippen LogP) is 2.86. The van der Waals surface area contributed by atoms with Crippen molar-refractivity contribution in [2.45, 2.75) is 26.0 Å². The molecule has 7 nitrogen and oxygen atoms in total. The van der Waals surface area contributed by atoms with Crippen molar-refractivity contribution in [3.05, 3.63) is 59.7 Å². The number of para-hydroxylation sites is 1. The van der Waals surface area contributed by atoms with Gasteiger partial charge in [-0.15, -0.1) is 24.0 Å². The summed E-state index contributed by atoms with van der Waals surface area (Å²) < 4.78 is 5.99. The number of rotatable bonds is 8. The van der Waals surface area contributed by atoms with E-state index in [1.165, 1.54) is 5.56 Å². The summed E-state index contributed by atoms with van der Waals surface area (Å²) in [6.07, 6.45) is 0.999. The number of hydrogen-bond acceptors (Lipinski definition) is 4. The number of halogens is 1. The minimum absolute atomic E-state index is 0. The molecule has 2 aromatic rings. The molecule has 1 amide bonds. The van der Waals surface area contributed by atoms with Crippen LogP contribution in [0.1, 0.15) is 18.1 Å². The van der Waals surface area contributed by atoms with Crippen LogP contribution >= 0.6 is 24.0 Å². The number of nitrogens with zero attached hydrogens (tertiary/aromatic N) is 2. The maximum atomic E-state index is 12.0. The molecule has 168 valence electrons. The number of amides is 1. The lowest BCUT2D eigenvalue weighted by molar-refractivity contribution is -0.116. The van der Waals surface area contributed by atoms with Crippen molar-refractivity contribution in [3.8, 4) is 5.75 Å². The van der Waals surface area contributed by atoms with Gasteiger partial charge in [0, 0.05) is 18.7 Å². The van der Waals surface area contributed by atoms with Gasteiger partial charge >= 0.3 is 0 Å². The molecule has 0 aliphatic carbocycles. The lowest BCUT2D eigenvalue weighted by Gasteiger charge is -2.15. The zero-order chi connectivity index (χ0) is 21.3. The van der Waals surface area contributed by atoms with Crippen LogP contribution in [0.3, 0.4) is 0 Å². The molecule has 31 heavy (non-hydrogen) atoms. The summed E-state index contributed by atoms with van der Waals surface area (Å²) in [6, 6.07) is 15.9. The third-order valence-electron chi connectivity index (χ3n) is 4.65. The number of nitrogens with one attached hydrogen (secondary N) is 3. The number of benzene rings is 2. The molecule has 0 bridgehead atoms. The Hall–Kier alpha value is -2.33. The second-order valence-corrected chi connectivity index (χ2v) is 7.61. The molecule has 0 fully saturated rings. The van der Waals surface area contributed by atoms with E-state index in [9.17, 15) is 4.79 Å². The third-order valence-corrected chi connectivity index (χ3v) is 4.65. The maximum absolute atomic E-state index is 12.0. The number of anilines is 1. The van der Waals surface area contributed by atoms with Crippen LogP contribution in [0.2, 0.25) is 0 Å². The average Bonchev–Trinajstić information content (AvgIpc) is 3.12. The smallest absolute Gasteiger partial charge is 0.238 e. The molecule has 8 heteroatoms. The molecule has 0 spiro atoms. The quantitative estimate of drug-likeness (QED) is 0.274. The van der Waals surface area contributed by atoms with E-state index in [0.29, 0.717) is 19.6 Å². The van der Waals surface area contributed by atoms with Gasteiger partial charge in [-0.25, -0.2) is 4.99 Å². The largest absolute Gasteiger partial charge is 0.488 e. The number of carbonyl (C=O) groups is 1. The normalized spacial score (nSPS) is 15.0. The molecule has 0 saturated carbocycles. The van der Waals surface area contributed by atoms with E-state index in [1.807, 2.05) is 68.4 Å². The summed E-state index contributed by atoms with van der Waals surface area (Å²) in [6.45, 7) is 4.36. The average molecular weight is 537 g/mol. The third kappa shape index (κ3) is 8.02. The lowest BCUT2D eigenvalue weighted by atomic mass is 10.1. The van der Waals surface area contributed by atoms with Gasteiger partial charge in [0.1, 0.15) is 11.9 Å². The van der Waals surface area contributed by atoms with Gasteiger partial charge < -0.3 is 25.6 Å². The minimum atomic E-state index is -0.0341. The molecule has 0 saturated heterocycles. The molecule has 1 aliphatic heterocycles. The Kier molecular flexibility index (Phi) is 10.1. The summed E-state index contributed by atoms with van der Waals surface area (Å²) >= 11 is 0. The molecule has 1 heterocycles. The van der Waals surface area contributed by atoms with Crippen LogP contribution < -0.4 is 20.7 Å². The van der Waals surface area contributed by atoms with E-state index in [1.54, 1.807) is 0 Å². The molecule has 0 aromatic heterocycles. The molecule has 1 atom stereocenters. The first-order valence-electron chi connectivity index (χ1n) is 10.3. The zero-order valence-corrected chi connectivity index (χ0v) is 20.7. The predicted molar refractivity (Wildman–Crippen MR) is 136 cm³/mol. The first-order chi connectivity index (χ1) is 14.5. The Morgan fingerprint density at radius 1 is 1.16 bits per heavy atom. The number of guanidine groups is 1. The van der Waals surface area contributed by atoms with Gasteiger partial charge in [0.05, 0.1) is 19.6 Å². The van der Waals surface area contributed by atoms with Crippen LogP contribution in [-0.2, 0) is 17.8 Å². The van der Waals surface area contributed by atoms with Crippen LogP contribution in [0.15, 0.2) is 53.5 Å². The Bertz CT molecular complexity index is 863. The van der Waals surface area contributed by atoms with Crippen molar-refractivity contribution < 1.29 is 9.53 Å². The molecule has 3 N–H and O–H groups in total. The van der Waals surface area contributed by atoms with Crippen LogP contribution in [0.25, 0.3) is 0 Å². The number of likely N-dealkylation sites (N-methyl/N-ethyl adjacent to an activating group) is 1. The van der Waals surface area contributed by atoms with E-state index in [-0.39, 0.29) is 36.0 Å². The minimum Gasteiger partial charge on any atom is -0.488 e. The highest BCUT2D eigenvalue weighted by Gasteiger charge is 2.22. The van der Waals surface area contributed by atoms with Gasteiger partial charge in [-0.3, -0.25) is 4.79 Å². The first-order valence-corrected chi connectivity index (χ1v) is 10.3. The van der Waals surface area contributed by atoms with Crippen molar-refractivity contribution in [3.63, 3.8) is 0 Å². The van der Waals surface area contributed by atoms with E-state index < -0.39 is 0 Å². The highest BCUT2D eigenvalue weighted by Crippen LogP contribution is 2.27. The lowest BCUT2D eigenvalue weighted by Crippen LogP contribution is -2.42.